The average molecular weight is 272 g/mol. The standard InChI is InChI=1S/C13H21N3O.ClH/c1-10(14-2)9-15-13(17)11-6-5-7-12(8-11)16(3)4;/h5-8,10,14H,9H2,1-4H3,(H,15,17);1H. The van der Waals surface area contributed by atoms with Crippen molar-refractivity contribution in [2.45, 2.75) is 13.0 Å². The Kier molecular flexibility index (Phi) is 7.39. The van der Waals surface area contributed by atoms with Crippen LogP contribution in [-0.4, -0.2) is 39.6 Å². The number of carbonyl (C=O) groups is 1. The Morgan fingerprint density at radius 3 is 2.61 bits per heavy atom. The van der Waals surface area contributed by atoms with E-state index in [2.05, 4.69) is 10.6 Å². The van der Waals surface area contributed by atoms with Crippen molar-refractivity contribution in [1.29, 1.82) is 0 Å². The molecule has 0 aliphatic heterocycles. The highest BCUT2D eigenvalue weighted by molar-refractivity contribution is 5.95. The van der Waals surface area contributed by atoms with E-state index in [1.807, 2.05) is 57.2 Å². The number of hydrogen-bond donors (Lipinski definition) is 2. The lowest BCUT2D eigenvalue weighted by atomic mass is 10.1. The summed E-state index contributed by atoms with van der Waals surface area (Å²) in [6.07, 6.45) is 0. The van der Waals surface area contributed by atoms with Gasteiger partial charge in [-0.1, -0.05) is 6.07 Å². The molecule has 1 aromatic rings. The van der Waals surface area contributed by atoms with E-state index in [1.54, 1.807) is 0 Å². The Morgan fingerprint density at radius 2 is 2.06 bits per heavy atom. The van der Waals surface area contributed by atoms with E-state index < -0.39 is 0 Å². The molecule has 18 heavy (non-hydrogen) atoms. The van der Waals surface area contributed by atoms with E-state index in [4.69, 9.17) is 0 Å². The number of hydrogen-bond acceptors (Lipinski definition) is 3. The Balaban J connectivity index is 0.00000289. The molecule has 2 N–H and O–H groups in total. The summed E-state index contributed by atoms with van der Waals surface area (Å²) in [6.45, 7) is 2.65. The van der Waals surface area contributed by atoms with E-state index in [-0.39, 0.29) is 24.4 Å². The van der Waals surface area contributed by atoms with Crippen LogP contribution in [0.1, 0.15) is 17.3 Å². The molecule has 1 rings (SSSR count). The molecular weight excluding hydrogens is 250 g/mol. The van der Waals surface area contributed by atoms with Crippen LogP contribution in [0.2, 0.25) is 0 Å². The Morgan fingerprint density at radius 1 is 1.39 bits per heavy atom. The first kappa shape index (κ1) is 16.7. The van der Waals surface area contributed by atoms with Gasteiger partial charge in [0, 0.05) is 37.9 Å². The minimum absolute atomic E-state index is 0. The summed E-state index contributed by atoms with van der Waals surface area (Å²) < 4.78 is 0. The summed E-state index contributed by atoms with van der Waals surface area (Å²) in [5.74, 6) is -0.0317. The molecule has 1 atom stereocenters. The van der Waals surface area contributed by atoms with Crippen molar-refractivity contribution in [3.63, 3.8) is 0 Å². The first-order chi connectivity index (χ1) is 8.04. The summed E-state index contributed by atoms with van der Waals surface area (Å²) in [5.41, 5.74) is 1.72. The number of nitrogens with zero attached hydrogens (tertiary/aromatic N) is 1. The molecule has 0 spiro atoms. The molecule has 0 radical (unpaired) electrons. The van der Waals surface area contributed by atoms with Crippen LogP contribution in [0.4, 0.5) is 5.69 Å². The predicted molar refractivity (Wildman–Crippen MR) is 78.9 cm³/mol. The van der Waals surface area contributed by atoms with Gasteiger partial charge >= 0.3 is 0 Å². The van der Waals surface area contributed by atoms with Crippen molar-refractivity contribution in [1.82, 2.24) is 10.6 Å². The van der Waals surface area contributed by atoms with Crippen LogP contribution in [0.3, 0.4) is 0 Å². The Labute approximate surface area is 115 Å². The van der Waals surface area contributed by atoms with Crippen LogP contribution in [-0.2, 0) is 0 Å². The van der Waals surface area contributed by atoms with Gasteiger partial charge in [0.05, 0.1) is 0 Å². The second kappa shape index (κ2) is 7.95. The van der Waals surface area contributed by atoms with Gasteiger partial charge in [0.2, 0.25) is 0 Å². The van der Waals surface area contributed by atoms with Crippen molar-refractivity contribution in [2.75, 3.05) is 32.6 Å². The van der Waals surface area contributed by atoms with Gasteiger partial charge in [-0.3, -0.25) is 4.79 Å². The van der Waals surface area contributed by atoms with Crippen LogP contribution in [0.25, 0.3) is 0 Å². The van der Waals surface area contributed by atoms with Gasteiger partial charge in [0.25, 0.3) is 5.91 Å². The molecule has 0 aromatic heterocycles. The maximum absolute atomic E-state index is 11.9. The van der Waals surface area contributed by atoms with Crippen molar-refractivity contribution in [2.24, 2.45) is 0 Å². The smallest absolute Gasteiger partial charge is 0.251 e. The SMILES string of the molecule is CNC(C)CNC(=O)c1cccc(N(C)C)c1.Cl. The number of nitrogens with one attached hydrogen (secondary N) is 2. The first-order valence-corrected chi connectivity index (χ1v) is 5.77. The molecule has 0 saturated carbocycles. The summed E-state index contributed by atoms with van der Waals surface area (Å²) in [5, 5.41) is 5.97. The number of amides is 1. The molecule has 0 aliphatic carbocycles. The van der Waals surface area contributed by atoms with Crippen LogP contribution in [0.15, 0.2) is 24.3 Å². The number of anilines is 1. The van der Waals surface area contributed by atoms with Gasteiger partial charge in [-0.25, -0.2) is 0 Å². The number of halogens is 1. The van der Waals surface area contributed by atoms with Gasteiger partial charge in [-0.05, 0) is 32.2 Å². The van der Waals surface area contributed by atoms with Gasteiger partial charge in [-0.15, -0.1) is 12.4 Å². The van der Waals surface area contributed by atoms with E-state index in [9.17, 15) is 4.79 Å². The molecule has 4 nitrogen and oxygen atoms in total. The molecule has 5 heteroatoms. The zero-order chi connectivity index (χ0) is 12.8. The van der Waals surface area contributed by atoms with E-state index in [1.165, 1.54) is 0 Å². The van der Waals surface area contributed by atoms with Crippen molar-refractivity contribution < 1.29 is 4.79 Å². The number of likely N-dealkylation sites (N-methyl/N-ethyl adjacent to an activating group) is 1. The molecule has 1 amide bonds. The lowest BCUT2D eigenvalue weighted by molar-refractivity contribution is 0.0950. The molecular formula is C13H22ClN3O. The monoisotopic (exact) mass is 271 g/mol. The summed E-state index contributed by atoms with van der Waals surface area (Å²) in [7, 11) is 5.80. The minimum atomic E-state index is -0.0317. The van der Waals surface area contributed by atoms with Gasteiger partial charge in [0.1, 0.15) is 0 Å². The third-order valence-corrected chi connectivity index (χ3v) is 2.69. The van der Waals surface area contributed by atoms with E-state index >= 15 is 0 Å². The molecule has 102 valence electrons. The molecule has 0 heterocycles. The normalized spacial score (nSPS) is 11.3. The summed E-state index contributed by atoms with van der Waals surface area (Å²) in [6, 6.07) is 7.86. The lowest BCUT2D eigenvalue weighted by Crippen LogP contribution is -2.37. The van der Waals surface area contributed by atoms with Crippen LogP contribution >= 0.6 is 12.4 Å². The fourth-order valence-corrected chi connectivity index (χ4v) is 1.38. The summed E-state index contributed by atoms with van der Waals surface area (Å²) >= 11 is 0. The number of rotatable bonds is 5. The highest BCUT2D eigenvalue weighted by Gasteiger charge is 2.07. The van der Waals surface area contributed by atoms with Gasteiger partial charge in [-0.2, -0.15) is 0 Å². The molecule has 1 unspecified atom stereocenters. The summed E-state index contributed by atoms with van der Waals surface area (Å²) in [4.78, 5) is 13.9. The predicted octanol–water partition coefficient (Wildman–Crippen LogP) is 1.51. The minimum Gasteiger partial charge on any atom is -0.378 e. The fraction of sp³-hybridized carbons (Fsp3) is 0.462. The lowest BCUT2D eigenvalue weighted by Gasteiger charge is -2.14. The van der Waals surface area contributed by atoms with Crippen molar-refractivity contribution >= 4 is 24.0 Å². The molecule has 1 aromatic carbocycles. The average Bonchev–Trinajstić information content (AvgIpc) is 2.35. The maximum atomic E-state index is 11.9. The molecule has 0 saturated heterocycles. The quantitative estimate of drug-likeness (QED) is 0.853. The zero-order valence-electron chi connectivity index (χ0n) is 11.4. The fourth-order valence-electron chi connectivity index (χ4n) is 1.38. The molecule has 0 aliphatic rings. The highest BCUT2D eigenvalue weighted by atomic mass is 35.5. The molecule has 0 bridgehead atoms. The van der Waals surface area contributed by atoms with Crippen molar-refractivity contribution in [3.05, 3.63) is 29.8 Å². The Hall–Kier alpha value is -1.26. The van der Waals surface area contributed by atoms with Gasteiger partial charge < -0.3 is 15.5 Å². The second-order valence-corrected chi connectivity index (χ2v) is 4.34. The van der Waals surface area contributed by atoms with Crippen LogP contribution in [0.5, 0.6) is 0 Å². The third-order valence-electron chi connectivity index (χ3n) is 2.69. The van der Waals surface area contributed by atoms with Crippen molar-refractivity contribution in [3.8, 4) is 0 Å². The number of benzene rings is 1. The largest absolute Gasteiger partial charge is 0.378 e. The second-order valence-electron chi connectivity index (χ2n) is 4.34. The third kappa shape index (κ3) is 4.94. The first-order valence-electron chi connectivity index (χ1n) is 5.77. The highest BCUT2D eigenvalue weighted by Crippen LogP contribution is 2.13. The van der Waals surface area contributed by atoms with Crippen LogP contribution in [0, 0.1) is 0 Å². The van der Waals surface area contributed by atoms with Gasteiger partial charge in [0.15, 0.2) is 0 Å². The zero-order valence-corrected chi connectivity index (χ0v) is 12.2. The van der Waals surface area contributed by atoms with E-state index in [0.717, 1.165) is 5.69 Å². The number of carbonyl (C=O) groups excluding carboxylic acids is 1. The molecule has 0 fully saturated rings. The van der Waals surface area contributed by atoms with Crippen LogP contribution < -0.4 is 15.5 Å². The van der Waals surface area contributed by atoms with E-state index in [0.29, 0.717) is 12.1 Å². The topological polar surface area (TPSA) is 44.4 Å². The Bertz CT molecular complexity index is 382. The maximum Gasteiger partial charge on any atom is 0.251 e.